The van der Waals surface area contributed by atoms with E-state index in [2.05, 4.69) is 36.2 Å². The van der Waals surface area contributed by atoms with E-state index in [9.17, 15) is 0 Å². The monoisotopic (exact) mass is 230 g/mol. The summed E-state index contributed by atoms with van der Waals surface area (Å²) in [7, 11) is 0. The van der Waals surface area contributed by atoms with Gasteiger partial charge < -0.3 is 5.32 Å². The summed E-state index contributed by atoms with van der Waals surface area (Å²) in [5, 5.41) is 7.93. The van der Waals surface area contributed by atoms with E-state index in [-0.39, 0.29) is 0 Å². The molecule has 1 N–H and O–H groups in total. The van der Waals surface area contributed by atoms with E-state index in [0.717, 1.165) is 24.5 Å². The van der Waals surface area contributed by atoms with E-state index in [1.165, 1.54) is 11.3 Å². The van der Waals surface area contributed by atoms with Crippen LogP contribution in [0.15, 0.2) is 24.5 Å². The van der Waals surface area contributed by atoms with Crippen LogP contribution in [0.4, 0.5) is 0 Å². The molecule has 0 amide bonds. The van der Waals surface area contributed by atoms with Crippen molar-refractivity contribution in [2.24, 2.45) is 0 Å². The predicted octanol–water partition coefficient (Wildman–Crippen LogP) is 1.99. The van der Waals surface area contributed by atoms with Gasteiger partial charge in [-0.2, -0.15) is 5.10 Å². The van der Waals surface area contributed by atoms with Gasteiger partial charge in [0.25, 0.3) is 0 Å². The Labute approximate surface area is 102 Å². The quantitative estimate of drug-likeness (QED) is 0.873. The first-order chi connectivity index (χ1) is 8.24. The highest BCUT2D eigenvalue weighted by Crippen LogP contribution is 2.17. The second-order valence-corrected chi connectivity index (χ2v) is 4.05. The predicted molar refractivity (Wildman–Crippen MR) is 68.2 cm³/mol. The number of hydrogen-bond donors (Lipinski definition) is 1. The molecule has 0 saturated carbocycles. The standard InChI is InChI=1S/C13H18N4/c1-4-14-9-13-10(2)16-17(11(13)3)12-5-7-15-8-6-12/h5-8,14H,4,9H2,1-3H3. The van der Waals surface area contributed by atoms with Crippen LogP contribution in [-0.4, -0.2) is 21.3 Å². The van der Waals surface area contributed by atoms with Crippen LogP contribution in [0.2, 0.25) is 0 Å². The largest absolute Gasteiger partial charge is 0.313 e. The van der Waals surface area contributed by atoms with Crippen molar-refractivity contribution >= 4 is 0 Å². The summed E-state index contributed by atoms with van der Waals surface area (Å²) in [4.78, 5) is 4.03. The highest BCUT2D eigenvalue weighted by Gasteiger charge is 2.11. The van der Waals surface area contributed by atoms with Crippen LogP contribution >= 0.6 is 0 Å². The second kappa shape index (κ2) is 5.10. The first-order valence-corrected chi connectivity index (χ1v) is 5.90. The lowest BCUT2D eigenvalue weighted by Gasteiger charge is -2.05. The zero-order chi connectivity index (χ0) is 12.3. The number of rotatable bonds is 4. The summed E-state index contributed by atoms with van der Waals surface area (Å²) in [6.45, 7) is 8.11. The van der Waals surface area contributed by atoms with E-state index in [4.69, 9.17) is 0 Å². The van der Waals surface area contributed by atoms with Gasteiger partial charge >= 0.3 is 0 Å². The number of aromatic nitrogens is 3. The molecule has 0 aliphatic heterocycles. The molecule has 4 heteroatoms. The summed E-state index contributed by atoms with van der Waals surface area (Å²) in [5.74, 6) is 0. The fraction of sp³-hybridized carbons (Fsp3) is 0.385. The topological polar surface area (TPSA) is 42.7 Å². The number of nitrogens with zero attached hydrogens (tertiary/aromatic N) is 3. The third-order valence-electron chi connectivity index (χ3n) is 2.90. The number of nitrogens with one attached hydrogen (secondary N) is 1. The van der Waals surface area contributed by atoms with Crippen LogP contribution in [0.5, 0.6) is 0 Å². The third-order valence-corrected chi connectivity index (χ3v) is 2.90. The number of aryl methyl sites for hydroxylation is 1. The average molecular weight is 230 g/mol. The van der Waals surface area contributed by atoms with Gasteiger partial charge in [0.05, 0.1) is 11.4 Å². The first kappa shape index (κ1) is 11.8. The van der Waals surface area contributed by atoms with Crippen molar-refractivity contribution in [2.75, 3.05) is 6.54 Å². The molecule has 2 rings (SSSR count). The highest BCUT2D eigenvalue weighted by molar-refractivity contribution is 5.35. The Kier molecular flexibility index (Phi) is 3.54. The van der Waals surface area contributed by atoms with Crippen LogP contribution < -0.4 is 5.32 Å². The number of hydrogen-bond acceptors (Lipinski definition) is 3. The van der Waals surface area contributed by atoms with Gasteiger partial charge in [-0.15, -0.1) is 0 Å². The third kappa shape index (κ3) is 2.36. The molecule has 90 valence electrons. The molecule has 2 heterocycles. The summed E-state index contributed by atoms with van der Waals surface area (Å²) < 4.78 is 1.98. The smallest absolute Gasteiger partial charge is 0.0679 e. The Bertz CT molecular complexity index is 488. The molecule has 0 radical (unpaired) electrons. The van der Waals surface area contributed by atoms with Crippen LogP contribution in [0.3, 0.4) is 0 Å². The molecular weight excluding hydrogens is 212 g/mol. The van der Waals surface area contributed by atoms with E-state index < -0.39 is 0 Å². The molecule has 0 spiro atoms. The molecule has 0 aliphatic rings. The number of pyridine rings is 1. The molecule has 0 fully saturated rings. The van der Waals surface area contributed by atoms with Crippen LogP contribution in [0.1, 0.15) is 23.9 Å². The maximum absolute atomic E-state index is 4.58. The van der Waals surface area contributed by atoms with E-state index in [1.54, 1.807) is 12.4 Å². The highest BCUT2D eigenvalue weighted by atomic mass is 15.3. The van der Waals surface area contributed by atoms with Crippen LogP contribution in [-0.2, 0) is 6.54 Å². The lowest BCUT2D eigenvalue weighted by molar-refractivity contribution is 0.719. The van der Waals surface area contributed by atoms with Crippen molar-refractivity contribution in [3.63, 3.8) is 0 Å². The molecule has 2 aromatic rings. The van der Waals surface area contributed by atoms with Crippen LogP contribution in [0.25, 0.3) is 5.69 Å². The molecule has 0 bridgehead atoms. The van der Waals surface area contributed by atoms with Crippen molar-refractivity contribution in [1.29, 1.82) is 0 Å². The molecule has 0 atom stereocenters. The summed E-state index contributed by atoms with van der Waals surface area (Å²) in [6, 6.07) is 3.94. The molecule has 0 saturated heterocycles. The van der Waals surface area contributed by atoms with Gasteiger partial charge in [-0.25, -0.2) is 4.68 Å². The maximum Gasteiger partial charge on any atom is 0.0679 e. The maximum atomic E-state index is 4.58. The summed E-state index contributed by atoms with van der Waals surface area (Å²) in [5.41, 5.74) is 4.61. The van der Waals surface area contributed by atoms with Crippen molar-refractivity contribution in [3.05, 3.63) is 41.5 Å². The Morgan fingerprint density at radius 1 is 1.24 bits per heavy atom. The van der Waals surface area contributed by atoms with Crippen LogP contribution in [0, 0.1) is 13.8 Å². The van der Waals surface area contributed by atoms with E-state index in [0.29, 0.717) is 0 Å². The SMILES string of the molecule is CCNCc1c(C)nn(-c2ccncc2)c1C. The minimum Gasteiger partial charge on any atom is -0.313 e. The van der Waals surface area contributed by atoms with Crippen molar-refractivity contribution in [1.82, 2.24) is 20.1 Å². The average Bonchev–Trinajstić information content (AvgIpc) is 2.64. The molecule has 17 heavy (non-hydrogen) atoms. The Balaban J connectivity index is 2.37. The van der Waals surface area contributed by atoms with Gasteiger partial charge in [0, 0.05) is 30.2 Å². The Morgan fingerprint density at radius 3 is 2.59 bits per heavy atom. The van der Waals surface area contributed by atoms with Gasteiger partial charge in [-0.05, 0) is 32.5 Å². The van der Waals surface area contributed by atoms with Crippen molar-refractivity contribution in [3.8, 4) is 5.69 Å². The van der Waals surface area contributed by atoms with Gasteiger partial charge in [0.2, 0.25) is 0 Å². The van der Waals surface area contributed by atoms with Gasteiger partial charge in [0.15, 0.2) is 0 Å². The zero-order valence-corrected chi connectivity index (χ0v) is 10.6. The van der Waals surface area contributed by atoms with E-state index in [1.807, 2.05) is 16.8 Å². The molecule has 0 unspecified atom stereocenters. The Morgan fingerprint density at radius 2 is 1.94 bits per heavy atom. The summed E-state index contributed by atoms with van der Waals surface area (Å²) in [6.07, 6.45) is 3.57. The first-order valence-electron chi connectivity index (χ1n) is 5.90. The molecular formula is C13H18N4. The van der Waals surface area contributed by atoms with Gasteiger partial charge in [-0.3, -0.25) is 4.98 Å². The lowest BCUT2D eigenvalue weighted by atomic mass is 10.2. The molecule has 0 aliphatic carbocycles. The molecule has 4 nitrogen and oxygen atoms in total. The van der Waals surface area contributed by atoms with Gasteiger partial charge in [0.1, 0.15) is 0 Å². The normalized spacial score (nSPS) is 10.8. The minimum absolute atomic E-state index is 0.874. The fourth-order valence-electron chi connectivity index (χ4n) is 1.92. The van der Waals surface area contributed by atoms with Crippen molar-refractivity contribution in [2.45, 2.75) is 27.3 Å². The van der Waals surface area contributed by atoms with Crippen molar-refractivity contribution < 1.29 is 0 Å². The molecule has 0 aromatic carbocycles. The second-order valence-electron chi connectivity index (χ2n) is 4.05. The van der Waals surface area contributed by atoms with Gasteiger partial charge in [-0.1, -0.05) is 6.92 Å². The zero-order valence-electron chi connectivity index (χ0n) is 10.6. The van der Waals surface area contributed by atoms with E-state index >= 15 is 0 Å². The minimum atomic E-state index is 0.874. The fourth-order valence-corrected chi connectivity index (χ4v) is 1.92. The lowest BCUT2D eigenvalue weighted by Crippen LogP contribution is -2.13. The molecule has 2 aromatic heterocycles. The Hall–Kier alpha value is -1.68. The summed E-state index contributed by atoms with van der Waals surface area (Å²) >= 11 is 0.